The molecule has 6 nitrogen and oxygen atoms in total. The first-order valence-electron chi connectivity index (χ1n) is 9.00. The Labute approximate surface area is 165 Å². The normalized spacial score (nSPS) is 11.6. The zero-order chi connectivity index (χ0) is 19.9. The van der Waals surface area contributed by atoms with Crippen molar-refractivity contribution in [1.29, 1.82) is 0 Å². The third kappa shape index (κ3) is 5.54. The molecular weight excluding hydrogens is 384 g/mol. The zero-order valence-corrected chi connectivity index (χ0v) is 17.5. The highest BCUT2D eigenvalue weighted by Gasteiger charge is 2.23. The molecule has 0 saturated carbocycles. The second-order valence-electron chi connectivity index (χ2n) is 5.86. The molecule has 0 aliphatic carbocycles. The van der Waals surface area contributed by atoms with Crippen molar-refractivity contribution in [1.82, 2.24) is 4.31 Å². The van der Waals surface area contributed by atoms with Crippen molar-refractivity contribution in [3.8, 4) is 5.75 Å². The van der Waals surface area contributed by atoms with Gasteiger partial charge in [-0.2, -0.15) is 15.6 Å². The Bertz CT molecular complexity index is 845. The minimum absolute atomic E-state index is 0.141. The first-order valence-corrected chi connectivity index (χ1v) is 11.4. The molecule has 1 aromatic carbocycles. The summed E-state index contributed by atoms with van der Waals surface area (Å²) in [6, 6.07) is 6.57. The molecule has 0 saturated heterocycles. The van der Waals surface area contributed by atoms with Gasteiger partial charge in [0.25, 0.3) is 0 Å². The van der Waals surface area contributed by atoms with Crippen molar-refractivity contribution < 1.29 is 17.9 Å². The summed E-state index contributed by atoms with van der Waals surface area (Å²) < 4.78 is 32.4. The van der Waals surface area contributed by atoms with Gasteiger partial charge in [0, 0.05) is 19.5 Å². The summed E-state index contributed by atoms with van der Waals surface area (Å²) in [5.41, 5.74) is 1.48. The number of aryl methyl sites for hydroxylation is 1. The molecule has 0 unspecified atom stereocenters. The van der Waals surface area contributed by atoms with E-state index in [4.69, 9.17) is 4.74 Å². The van der Waals surface area contributed by atoms with Crippen LogP contribution < -0.4 is 10.1 Å². The van der Waals surface area contributed by atoms with E-state index in [0.717, 1.165) is 5.56 Å². The van der Waals surface area contributed by atoms with E-state index in [1.807, 2.05) is 23.8 Å². The van der Waals surface area contributed by atoms with Crippen molar-refractivity contribution in [3.05, 3.63) is 40.6 Å². The second-order valence-corrected chi connectivity index (χ2v) is 8.58. The summed E-state index contributed by atoms with van der Waals surface area (Å²) in [6.07, 6.45) is 0.950. The summed E-state index contributed by atoms with van der Waals surface area (Å²) in [5, 5.41) is 6.79. The van der Waals surface area contributed by atoms with Crippen molar-refractivity contribution in [2.75, 3.05) is 25.0 Å². The van der Waals surface area contributed by atoms with E-state index in [1.54, 1.807) is 31.3 Å². The van der Waals surface area contributed by atoms with Crippen LogP contribution in [-0.4, -0.2) is 38.3 Å². The number of nitrogens with one attached hydrogen (secondary N) is 1. The van der Waals surface area contributed by atoms with Gasteiger partial charge in [0.1, 0.15) is 5.75 Å². The number of nitrogens with zero attached hydrogens (tertiary/aromatic N) is 1. The molecule has 0 fully saturated rings. The lowest BCUT2D eigenvalue weighted by Crippen LogP contribution is -2.30. The Kier molecular flexibility index (Phi) is 7.82. The molecule has 1 N–H and O–H groups in total. The molecule has 2 aromatic rings. The molecule has 0 aliphatic heterocycles. The van der Waals surface area contributed by atoms with Crippen molar-refractivity contribution in [2.45, 2.75) is 38.5 Å². The maximum Gasteiger partial charge on any atom is 0.243 e. The summed E-state index contributed by atoms with van der Waals surface area (Å²) in [7, 11) is -3.61. The van der Waals surface area contributed by atoms with E-state index in [9.17, 15) is 13.2 Å². The Morgan fingerprint density at radius 3 is 2.52 bits per heavy atom. The first-order chi connectivity index (χ1) is 12.9. The van der Waals surface area contributed by atoms with Gasteiger partial charge in [-0.05, 0) is 53.9 Å². The SMILES string of the molecule is CCOc1ccc(S(=O)(=O)N(CC)CC)cc1NC(=O)CCc1ccsc1. The molecule has 8 heteroatoms. The Balaban J connectivity index is 2.23. The smallest absolute Gasteiger partial charge is 0.243 e. The topological polar surface area (TPSA) is 75.7 Å². The van der Waals surface area contributed by atoms with Crippen molar-refractivity contribution in [2.24, 2.45) is 0 Å². The van der Waals surface area contributed by atoms with E-state index < -0.39 is 10.0 Å². The number of carbonyl (C=O) groups is 1. The van der Waals surface area contributed by atoms with Gasteiger partial charge in [-0.25, -0.2) is 8.42 Å². The number of sulfonamides is 1. The zero-order valence-electron chi connectivity index (χ0n) is 15.9. The quantitative estimate of drug-likeness (QED) is 0.647. The maximum atomic E-state index is 12.8. The molecular formula is C19H26N2O4S2. The van der Waals surface area contributed by atoms with Crippen molar-refractivity contribution >= 4 is 33.0 Å². The van der Waals surface area contributed by atoms with Gasteiger partial charge in [-0.15, -0.1) is 0 Å². The van der Waals surface area contributed by atoms with Gasteiger partial charge < -0.3 is 10.1 Å². The van der Waals surface area contributed by atoms with Crippen LogP contribution in [0.5, 0.6) is 5.75 Å². The van der Waals surface area contributed by atoms with Gasteiger partial charge in [0.2, 0.25) is 15.9 Å². The number of thiophene rings is 1. The molecule has 2 rings (SSSR count). The fraction of sp³-hybridized carbons (Fsp3) is 0.421. The molecule has 0 spiro atoms. The lowest BCUT2D eigenvalue weighted by molar-refractivity contribution is -0.116. The largest absolute Gasteiger partial charge is 0.492 e. The van der Waals surface area contributed by atoms with Crippen LogP contribution in [0.4, 0.5) is 5.69 Å². The molecule has 1 aromatic heterocycles. The van der Waals surface area contributed by atoms with Crippen LogP contribution in [0.15, 0.2) is 39.9 Å². The average molecular weight is 411 g/mol. The number of benzene rings is 1. The van der Waals surface area contributed by atoms with Crippen LogP contribution in [0.1, 0.15) is 32.8 Å². The van der Waals surface area contributed by atoms with E-state index in [0.29, 0.717) is 44.0 Å². The van der Waals surface area contributed by atoms with E-state index in [-0.39, 0.29) is 10.8 Å². The van der Waals surface area contributed by atoms with Crippen molar-refractivity contribution in [3.63, 3.8) is 0 Å². The minimum atomic E-state index is -3.61. The molecule has 0 aliphatic rings. The number of ether oxygens (including phenoxy) is 1. The van der Waals surface area contributed by atoms with Crippen LogP contribution in [0.3, 0.4) is 0 Å². The predicted octanol–water partition coefficient (Wildman–Crippen LogP) is 3.75. The summed E-state index contributed by atoms with van der Waals surface area (Å²) in [5.74, 6) is 0.277. The number of amides is 1. The summed E-state index contributed by atoms with van der Waals surface area (Å²) in [4.78, 5) is 12.5. The van der Waals surface area contributed by atoms with E-state index in [2.05, 4.69) is 5.32 Å². The van der Waals surface area contributed by atoms with Crippen LogP contribution in [-0.2, 0) is 21.2 Å². The molecule has 148 valence electrons. The highest BCUT2D eigenvalue weighted by molar-refractivity contribution is 7.89. The van der Waals surface area contributed by atoms with Crippen LogP contribution in [0.25, 0.3) is 0 Å². The standard InChI is InChI=1S/C19H26N2O4S2/c1-4-21(5-2)27(23,24)16-8-9-18(25-6-3)17(13-16)20-19(22)10-7-15-11-12-26-14-15/h8-9,11-14H,4-7,10H2,1-3H3,(H,20,22). The van der Waals surface area contributed by atoms with Crippen LogP contribution >= 0.6 is 11.3 Å². The number of anilines is 1. The molecule has 1 amide bonds. The van der Waals surface area contributed by atoms with Crippen LogP contribution in [0.2, 0.25) is 0 Å². The monoisotopic (exact) mass is 410 g/mol. The number of carbonyl (C=O) groups excluding carboxylic acids is 1. The molecule has 0 atom stereocenters. The fourth-order valence-electron chi connectivity index (χ4n) is 2.67. The van der Waals surface area contributed by atoms with Gasteiger partial charge in [-0.3, -0.25) is 4.79 Å². The maximum absolute atomic E-state index is 12.8. The Morgan fingerprint density at radius 2 is 1.93 bits per heavy atom. The van der Waals surface area contributed by atoms with Gasteiger partial charge in [0.05, 0.1) is 17.2 Å². The van der Waals surface area contributed by atoms with Gasteiger partial charge in [-0.1, -0.05) is 13.8 Å². The number of hydrogen-bond acceptors (Lipinski definition) is 5. The van der Waals surface area contributed by atoms with E-state index in [1.165, 1.54) is 16.4 Å². The average Bonchev–Trinajstić information content (AvgIpc) is 3.16. The molecule has 27 heavy (non-hydrogen) atoms. The number of rotatable bonds is 10. The van der Waals surface area contributed by atoms with Crippen LogP contribution in [0, 0.1) is 0 Å². The third-order valence-electron chi connectivity index (χ3n) is 4.09. The third-order valence-corrected chi connectivity index (χ3v) is 6.87. The molecule has 0 bridgehead atoms. The summed E-state index contributed by atoms with van der Waals surface area (Å²) in [6.45, 7) is 6.61. The Morgan fingerprint density at radius 1 is 1.19 bits per heavy atom. The lowest BCUT2D eigenvalue weighted by Gasteiger charge is -2.20. The molecule has 1 heterocycles. The highest BCUT2D eigenvalue weighted by Crippen LogP contribution is 2.29. The number of hydrogen-bond donors (Lipinski definition) is 1. The predicted molar refractivity (Wildman–Crippen MR) is 109 cm³/mol. The Hall–Kier alpha value is -1.90. The van der Waals surface area contributed by atoms with Gasteiger partial charge >= 0.3 is 0 Å². The lowest BCUT2D eigenvalue weighted by atomic mass is 10.2. The molecule has 0 radical (unpaired) electrons. The minimum Gasteiger partial charge on any atom is -0.492 e. The highest BCUT2D eigenvalue weighted by atomic mass is 32.2. The fourth-order valence-corrected chi connectivity index (χ4v) is 4.85. The van der Waals surface area contributed by atoms with Gasteiger partial charge in [0.15, 0.2) is 0 Å². The first kappa shape index (κ1) is 21.4. The second kappa shape index (κ2) is 9.87. The van der Waals surface area contributed by atoms with E-state index >= 15 is 0 Å². The summed E-state index contributed by atoms with van der Waals surface area (Å²) >= 11 is 1.59.